The Morgan fingerprint density at radius 2 is 1.87 bits per heavy atom. The molecule has 6 heteroatoms. The summed E-state index contributed by atoms with van der Waals surface area (Å²) in [7, 11) is 0. The molecule has 1 aromatic carbocycles. The van der Waals surface area contributed by atoms with Crippen molar-refractivity contribution in [1.82, 2.24) is 4.98 Å². The van der Waals surface area contributed by atoms with Crippen LogP contribution in [0.1, 0.15) is 22.5 Å². The molecule has 0 aliphatic heterocycles. The van der Waals surface area contributed by atoms with Crippen molar-refractivity contribution in [3.05, 3.63) is 69.0 Å². The van der Waals surface area contributed by atoms with Gasteiger partial charge in [0.05, 0.1) is 16.3 Å². The van der Waals surface area contributed by atoms with Crippen LogP contribution in [0.25, 0.3) is 6.08 Å². The summed E-state index contributed by atoms with van der Waals surface area (Å²) in [5.74, 6) is -0.278. The minimum Gasteiger partial charge on any atom is -0.321 e. The topological polar surface area (TPSA) is 85.1 Å². The molecule has 1 aromatic heterocycles. The van der Waals surface area contributed by atoms with Crippen LogP contribution < -0.4 is 5.32 Å². The van der Waals surface area contributed by atoms with Gasteiger partial charge in [0.15, 0.2) is 0 Å². The third-order valence-electron chi connectivity index (χ3n) is 3.30. The van der Waals surface area contributed by atoms with Crippen molar-refractivity contribution in [2.45, 2.75) is 20.8 Å². The Morgan fingerprint density at radius 1 is 1.22 bits per heavy atom. The lowest BCUT2D eigenvalue weighted by molar-refractivity contribution is -0.384. The summed E-state index contributed by atoms with van der Waals surface area (Å²) in [4.78, 5) is 26.5. The second-order valence-corrected chi connectivity index (χ2v) is 5.21. The van der Waals surface area contributed by atoms with E-state index in [2.05, 4.69) is 10.3 Å². The molecule has 0 fully saturated rings. The molecule has 0 saturated heterocycles. The molecule has 2 aromatic rings. The molecule has 0 bridgehead atoms. The zero-order valence-electron chi connectivity index (χ0n) is 13.2. The quantitative estimate of drug-likeness (QED) is 0.531. The summed E-state index contributed by atoms with van der Waals surface area (Å²) < 4.78 is 0. The molecule has 1 amide bonds. The van der Waals surface area contributed by atoms with E-state index in [1.807, 2.05) is 26.8 Å². The number of nitro benzene ring substituents is 1. The predicted octanol–water partition coefficient (Wildman–Crippen LogP) is 3.57. The van der Waals surface area contributed by atoms with Crippen LogP contribution in [0.3, 0.4) is 0 Å². The maximum atomic E-state index is 12.0. The number of aromatic nitrogens is 1. The maximum absolute atomic E-state index is 12.0. The number of rotatable bonds is 4. The maximum Gasteiger partial charge on any atom is 0.269 e. The van der Waals surface area contributed by atoms with Gasteiger partial charge in [0, 0.05) is 23.9 Å². The molecule has 0 atom stereocenters. The second kappa shape index (κ2) is 6.83. The second-order valence-electron chi connectivity index (χ2n) is 5.21. The van der Waals surface area contributed by atoms with E-state index in [9.17, 15) is 14.9 Å². The number of aryl methyl sites for hydroxylation is 3. The van der Waals surface area contributed by atoms with Crippen LogP contribution >= 0.6 is 0 Å². The lowest BCUT2D eigenvalue weighted by Crippen LogP contribution is -2.11. The normalized spacial score (nSPS) is 10.7. The molecule has 6 nitrogen and oxygen atoms in total. The van der Waals surface area contributed by atoms with E-state index in [1.54, 1.807) is 18.2 Å². The molecule has 0 aliphatic rings. The zero-order chi connectivity index (χ0) is 17.0. The van der Waals surface area contributed by atoms with Gasteiger partial charge in [0.25, 0.3) is 5.69 Å². The van der Waals surface area contributed by atoms with Gasteiger partial charge in [-0.1, -0.05) is 0 Å². The number of nitrogens with zero attached hydrogens (tertiary/aromatic N) is 2. The average molecular weight is 311 g/mol. The Kier molecular flexibility index (Phi) is 4.85. The summed E-state index contributed by atoms with van der Waals surface area (Å²) in [6.07, 6.45) is 2.99. The Balaban J connectivity index is 2.09. The van der Waals surface area contributed by atoms with E-state index in [0.717, 1.165) is 17.0 Å². The molecule has 0 aliphatic carbocycles. The molecule has 0 saturated carbocycles. The first-order chi connectivity index (χ1) is 10.9. The minimum absolute atomic E-state index is 0.0172. The molecular weight excluding hydrogens is 294 g/mol. The van der Waals surface area contributed by atoms with Crippen LogP contribution in [-0.4, -0.2) is 15.8 Å². The van der Waals surface area contributed by atoms with Crippen LogP contribution in [0.2, 0.25) is 0 Å². The highest BCUT2D eigenvalue weighted by Crippen LogP contribution is 2.19. The van der Waals surface area contributed by atoms with E-state index in [4.69, 9.17) is 0 Å². The van der Waals surface area contributed by atoms with Crippen LogP contribution in [0, 0.1) is 30.9 Å². The molecular formula is C17H17N3O3. The van der Waals surface area contributed by atoms with Crippen molar-refractivity contribution < 1.29 is 9.72 Å². The van der Waals surface area contributed by atoms with Crippen molar-refractivity contribution in [3.8, 4) is 0 Å². The van der Waals surface area contributed by atoms with Gasteiger partial charge < -0.3 is 5.32 Å². The van der Waals surface area contributed by atoms with Gasteiger partial charge in [-0.25, -0.2) is 0 Å². The van der Waals surface area contributed by atoms with Crippen molar-refractivity contribution >= 4 is 23.4 Å². The highest BCUT2D eigenvalue weighted by Gasteiger charge is 2.07. The number of carbonyl (C=O) groups is 1. The van der Waals surface area contributed by atoms with Crippen LogP contribution in [0.4, 0.5) is 11.4 Å². The number of nitro groups is 1. The Labute approximate surface area is 134 Å². The Hall–Kier alpha value is -3.02. The van der Waals surface area contributed by atoms with Gasteiger partial charge in [-0.2, -0.15) is 0 Å². The molecule has 1 N–H and O–H groups in total. The summed E-state index contributed by atoms with van der Waals surface area (Å²) in [6, 6.07) is 7.88. The lowest BCUT2D eigenvalue weighted by atomic mass is 10.1. The predicted molar refractivity (Wildman–Crippen MR) is 89.2 cm³/mol. The van der Waals surface area contributed by atoms with E-state index in [0.29, 0.717) is 11.3 Å². The van der Waals surface area contributed by atoms with E-state index < -0.39 is 4.92 Å². The fraction of sp³-hybridized carbons (Fsp3) is 0.176. The summed E-state index contributed by atoms with van der Waals surface area (Å²) in [5, 5.41) is 13.4. The summed E-state index contributed by atoms with van der Waals surface area (Å²) in [5.41, 5.74) is 4.05. The Bertz CT molecular complexity index is 757. The van der Waals surface area contributed by atoms with Crippen molar-refractivity contribution in [2.75, 3.05) is 5.32 Å². The SMILES string of the molecule is Cc1cc(C)c(NC(=O)/C=C/c2ccc([N+](=O)[O-])cc2)c(C)n1. The van der Waals surface area contributed by atoms with Gasteiger partial charge in [-0.15, -0.1) is 0 Å². The summed E-state index contributed by atoms with van der Waals surface area (Å²) in [6.45, 7) is 5.66. The molecule has 118 valence electrons. The van der Waals surface area contributed by atoms with Crippen molar-refractivity contribution in [3.63, 3.8) is 0 Å². The van der Waals surface area contributed by atoms with E-state index in [-0.39, 0.29) is 11.6 Å². The van der Waals surface area contributed by atoms with Gasteiger partial charge >= 0.3 is 0 Å². The minimum atomic E-state index is -0.462. The van der Waals surface area contributed by atoms with Gasteiger partial charge in [0.2, 0.25) is 5.91 Å². The number of hydrogen-bond donors (Lipinski definition) is 1. The fourth-order valence-corrected chi connectivity index (χ4v) is 2.26. The number of pyridine rings is 1. The first-order valence-electron chi connectivity index (χ1n) is 7.05. The number of amides is 1. The van der Waals surface area contributed by atoms with Crippen LogP contribution in [-0.2, 0) is 4.79 Å². The Morgan fingerprint density at radius 3 is 2.43 bits per heavy atom. The molecule has 2 rings (SSSR count). The molecule has 0 unspecified atom stereocenters. The monoisotopic (exact) mass is 311 g/mol. The number of anilines is 1. The number of hydrogen-bond acceptors (Lipinski definition) is 4. The van der Waals surface area contributed by atoms with E-state index in [1.165, 1.54) is 18.2 Å². The van der Waals surface area contributed by atoms with Crippen LogP contribution in [0.5, 0.6) is 0 Å². The van der Waals surface area contributed by atoms with E-state index >= 15 is 0 Å². The first-order valence-corrected chi connectivity index (χ1v) is 7.05. The molecule has 0 spiro atoms. The highest BCUT2D eigenvalue weighted by atomic mass is 16.6. The van der Waals surface area contributed by atoms with Gasteiger partial charge in [-0.05, 0) is 56.2 Å². The first kappa shape index (κ1) is 16.4. The number of benzene rings is 1. The van der Waals surface area contributed by atoms with Crippen molar-refractivity contribution in [1.29, 1.82) is 0 Å². The number of non-ortho nitro benzene ring substituents is 1. The zero-order valence-corrected chi connectivity index (χ0v) is 13.2. The van der Waals surface area contributed by atoms with Gasteiger partial charge in [-0.3, -0.25) is 19.9 Å². The smallest absolute Gasteiger partial charge is 0.269 e. The van der Waals surface area contributed by atoms with Crippen molar-refractivity contribution in [2.24, 2.45) is 0 Å². The number of nitrogens with one attached hydrogen (secondary N) is 1. The van der Waals surface area contributed by atoms with Crippen LogP contribution in [0.15, 0.2) is 36.4 Å². The third-order valence-corrected chi connectivity index (χ3v) is 3.30. The van der Waals surface area contributed by atoms with Gasteiger partial charge in [0.1, 0.15) is 0 Å². The number of carbonyl (C=O) groups excluding carboxylic acids is 1. The molecule has 0 radical (unpaired) electrons. The fourth-order valence-electron chi connectivity index (χ4n) is 2.26. The molecule has 1 heterocycles. The lowest BCUT2D eigenvalue weighted by Gasteiger charge is -2.10. The highest BCUT2D eigenvalue weighted by molar-refractivity contribution is 6.02. The average Bonchev–Trinajstić information content (AvgIpc) is 2.49. The largest absolute Gasteiger partial charge is 0.321 e. The molecule has 23 heavy (non-hydrogen) atoms. The standard InChI is InChI=1S/C17H17N3O3/c1-11-10-12(2)18-13(3)17(11)19-16(21)9-6-14-4-7-15(8-5-14)20(22)23/h4-10H,1-3H3,(H,19,21)/b9-6+. The third kappa shape index (κ3) is 4.23. The summed E-state index contributed by atoms with van der Waals surface area (Å²) >= 11 is 0.